The number of thiocarbonyl (C=S) groups is 1. The van der Waals surface area contributed by atoms with Crippen molar-refractivity contribution in [1.82, 2.24) is 15.1 Å². The lowest BCUT2D eigenvalue weighted by Crippen LogP contribution is -2.29. The van der Waals surface area contributed by atoms with E-state index in [0.717, 1.165) is 15.0 Å². The standard InChI is InChI=1S/C25H20N4O2S5/c30-21(11-4-12-29-22(31)20(35-25(29)32)14-18-9-5-13-33-18)26-23-27-28-24(36-23)34-15-17-8-3-7-16-6-1-2-10-19(16)17/h1-3,5-10,13-14H,4,11-12,15H2,(H,26,27,30)/b20-14-. The number of rotatable bonds is 9. The zero-order valence-electron chi connectivity index (χ0n) is 18.9. The van der Waals surface area contributed by atoms with E-state index in [1.54, 1.807) is 28.0 Å². The maximum atomic E-state index is 12.7. The lowest BCUT2D eigenvalue weighted by Gasteiger charge is -2.13. The van der Waals surface area contributed by atoms with Crippen molar-refractivity contribution in [2.45, 2.75) is 22.9 Å². The first-order valence-electron chi connectivity index (χ1n) is 11.1. The number of carbonyl (C=O) groups excluding carboxylic acids is 2. The minimum Gasteiger partial charge on any atom is -0.301 e. The van der Waals surface area contributed by atoms with E-state index in [2.05, 4.69) is 45.8 Å². The van der Waals surface area contributed by atoms with Crippen LogP contribution < -0.4 is 5.32 Å². The van der Waals surface area contributed by atoms with Crippen LogP contribution in [0.4, 0.5) is 5.13 Å². The number of hydrogen-bond donors (Lipinski definition) is 1. The van der Waals surface area contributed by atoms with E-state index < -0.39 is 0 Å². The molecule has 0 saturated carbocycles. The lowest BCUT2D eigenvalue weighted by molar-refractivity contribution is -0.122. The summed E-state index contributed by atoms with van der Waals surface area (Å²) >= 11 is 11.2. The molecule has 2 amide bonds. The summed E-state index contributed by atoms with van der Waals surface area (Å²) in [4.78, 5) is 28.3. The van der Waals surface area contributed by atoms with Crippen molar-refractivity contribution in [3.05, 3.63) is 75.3 Å². The molecule has 1 saturated heterocycles. The molecule has 1 fully saturated rings. The fourth-order valence-corrected chi connectivity index (χ4v) is 7.45. The number of benzene rings is 2. The summed E-state index contributed by atoms with van der Waals surface area (Å²) in [5.74, 6) is 0.515. The van der Waals surface area contributed by atoms with E-state index in [9.17, 15) is 9.59 Å². The van der Waals surface area contributed by atoms with Gasteiger partial charge < -0.3 is 5.32 Å². The Bertz CT molecular complexity index is 1440. The van der Waals surface area contributed by atoms with Crippen LogP contribution in [0.1, 0.15) is 23.3 Å². The van der Waals surface area contributed by atoms with Crippen LogP contribution in [-0.2, 0) is 15.3 Å². The summed E-state index contributed by atoms with van der Waals surface area (Å²) in [6.45, 7) is 0.405. The fourth-order valence-electron chi connectivity index (χ4n) is 3.65. The molecule has 4 aromatic rings. The van der Waals surface area contributed by atoms with Gasteiger partial charge in [0.05, 0.1) is 4.91 Å². The van der Waals surface area contributed by atoms with Crippen molar-refractivity contribution in [1.29, 1.82) is 0 Å². The molecular weight excluding hydrogens is 549 g/mol. The summed E-state index contributed by atoms with van der Waals surface area (Å²) in [6, 6.07) is 18.5. The van der Waals surface area contributed by atoms with Crippen molar-refractivity contribution in [3.63, 3.8) is 0 Å². The average molecular weight is 569 g/mol. The molecule has 1 aliphatic heterocycles. The predicted octanol–water partition coefficient (Wildman–Crippen LogP) is 6.67. The Morgan fingerprint density at radius 2 is 1.97 bits per heavy atom. The molecule has 1 N–H and O–H groups in total. The van der Waals surface area contributed by atoms with Gasteiger partial charge in [0.15, 0.2) is 4.34 Å². The first-order chi connectivity index (χ1) is 17.6. The van der Waals surface area contributed by atoms with Gasteiger partial charge in [-0.05, 0) is 40.3 Å². The second-order valence-electron chi connectivity index (χ2n) is 7.80. The van der Waals surface area contributed by atoms with Crippen LogP contribution in [0.25, 0.3) is 16.8 Å². The number of thiophene rings is 1. The van der Waals surface area contributed by atoms with E-state index in [-0.39, 0.29) is 18.2 Å². The molecule has 182 valence electrons. The third-order valence-corrected chi connectivity index (χ3v) is 9.58. The summed E-state index contributed by atoms with van der Waals surface area (Å²) in [6.07, 6.45) is 2.63. The number of thioether (sulfide) groups is 2. The van der Waals surface area contributed by atoms with Crippen LogP contribution in [-0.4, -0.2) is 37.8 Å². The highest BCUT2D eigenvalue weighted by molar-refractivity contribution is 8.26. The van der Waals surface area contributed by atoms with Crippen LogP contribution in [0.3, 0.4) is 0 Å². The predicted molar refractivity (Wildman–Crippen MR) is 155 cm³/mol. The number of nitrogens with zero attached hydrogens (tertiary/aromatic N) is 3. The van der Waals surface area contributed by atoms with E-state index in [1.165, 1.54) is 39.4 Å². The monoisotopic (exact) mass is 568 g/mol. The molecule has 0 spiro atoms. The molecule has 36 heavy (non-hydrogen) atoms. The Morgan fingerprint density at radius 3 is 2.83 bits per heavy atom. The number of aromatic nitrogens is 2. The minimum absolute atomic E-state index is 0.101. The maximum absolute atomic E-state index is 12.7. The van der Waals surface area contributed by atoms with Gasteiger partial charge >= 0.3 is 0 Å². The number of hydrogen-bond acceptors (Lipinski definition) is 9. The Balaban J connectivity index is 1.09. The minimum atomic E-state index is -0.156. The van der Waals surface area contributed by atoms with Crippen LogP contribution >= 0.6 is 58.4 Å². The molecule has 5 rings (SSSR count). The van der Waals surface area contributed by atoms with Gasteiger partial charge in [0.2, 0.25) is 11.0 Å². The SMILES string of the molecule is O=C(CCCN1C(=O)/C(=C/c2cccs2)SC1=S)Nc1nnc(SCc2cccc3ccccc23)s1. The smallest absolute Gasteiger partial charge is 0.266 e. The average Bonchev–Trinajstić information content (AvgIpc) is 3.61. The Kier molecular flexibility index (Phi) is 8.12. The molecule has 2 aromatic carbocycles. The van der Waals surface area contributed by atoms with Gasteiger partial charge in [0, 0.05) is 23.6 Å². The molecule has 0 aliphatic carbocycles. The fraction of sp³-hybridized carbons (Fsp3) is 0.160. The summed E-state index contributed by atoms with van der Waals surface area (Å²) in [5, 5.41) is 16.0. The molecule has 2 aromatic heterocycles. The Hall–Kier alpha value is -2.57. The number of nitrogens with one attached hydrogen (secondary N) is 1. The quantitative estimate of drug-likeness (QED) is 0.105. The molecule has 0 bridgehead atoms. The van der Waals surface area contributed by atoms with Gasteiger partial charge in [-0.15, -0.1) is 21.5 Å². The van der Waals surface area contributed by atoms with Crippen molar-refractivity contribution in [2.75, 3.05) is 11.9 Å². The van der Waals surface area contributed by atoms with E-state index >= 15 is 0 Å². The van der Waals surface area contributed by atoms with E-state index in [1.807, 2.05) is 35.7 Å². The third-order valence-electron chi connectivity index (χ3n) is 5.36. The highest BCUT2D eigenvalue weighted by atomic mass is 32.2. The first kappa shape index (κ1) is 25.1. The lowest BCUT2D eigenvalue weighted by atomic mass is 10.1. The van der Waals surface area contributed by atoms with E-state index in [0.29, 0.717) is 27.3 Å². The molecule has 0 radical (unpaired) electrons. The topological polar surface area (TPSA) is 75.2 Å². The number of anilines is 1. The molecular formula is C25H20N4O2S5. The van der Waals surface area contributed by atoms with Crippen molar-refractivity contribution in [2.24, 2.45) is 0 Å². The summed E-state index contributed by atoms with van der Waals surface area (Å²) in [7, 11) is 0. The zero-order valence-corrected chi connectivity index (χ0v) is 23.0. The van der Waals surface area contributed by atoms with Crippen LogP contribution in [0.5, 0.6) is 0 Å². The molecule has 0 atom stereocenters. The van der Waals surface area contributed by atoms with Gasteiger partial charge in [-0.2, -0.15) is 0 Å². The Labute approximate surface area is 230 Å². The van der Waals surface area contributed by atoms with Crippen molar-refractivity contribution in [3.8, 4) is 0 Å². The number of fused-ring (bicyclic) bond motifs is 1. The second-order valence-corrected chi connectivity index (χ2v) is 12.7. The Morgan fingerprint density at radius 1 is 1.11 bits per heavy atom. The van der Waals surface area contributed by atoms with E-state index in [4.69, 9.17) is 12.2 Å². The van der Waals surface area contributed by atoms with Crippen LogP contribution in [0.2, 0.25) is 0 Å². The summed E-state index contributed by atoms with van der Waals surface area (Å²) in [5.41, 5.74) is 1.24. The van der Waals surface area contributed by atoms with Crippen molar-refractivity contribution < 1.29 is 9.59 Å². The second kappa shape index (κ2) is 11.7. The molecule has 1 aliphatic rings. The highest BCUT2D eigenvalue weighted by Gasteiger charge is 2.31. The third kappa shape index (κ3) is 6.04. The number of amides is 2. The van der Waals surface area contributed by atoms with Gasteiger partial charge in [-0.3, -0.25) is 14.5 Å². The largest absolute Gasteiger partial charge is 0.301 e. The number of carbonyl (C=O) groups is 2. The first-order valence-corrected chi connectivity index (χ1v) is 15.0. The molecule has 3 heterocycles. The van der Waals surface area contributed by atoms with Gasteiger partial charge in [-0.25, -0.2) is 0 Å². The van der Waals surface area contributed by atoms with Crippen LogP contribution in [0, 0.1) is 0 Å². The van der Waals surface area contributed by atoms with Gasteiger partial charge in [-0.1, -0.05) is 95.6 Å². The summed E-state index contributed by atoms with van der Waals surface area (Å²) < 4.78 is 1.33. The van der Waals surface area contributed by atoms with Crippen LogP contribution in [0.15, 0.2) is 69.2 Å². The van der Waals surface area contributed by atoms with Crippen molar-refractivity contribution >= 4 is 96.5 Å². The zero-order chi connectivity index (χ0) is 24.9. The molecule has 0 unspecified atom stereocenters. The maximum Gasteiger partial charge on any atom is 0.266 e. The van der Waals surface area contributed by atoms with Gasteiger partial charge in [0.1, 0.15) is 4.32 Å². The normalized spacial score (nSPS) is 14.8. The molecule has 11 heteroatoms. The molecule has 6 nitrogen and oxygen atoms in total. The highest BCUT2D eigenvalue weighted by Crippen LogP contribution is 2.34. The van der Waals surface area contributed by atoms with Gasteiger partial charge in [0.25, 0.3) is 5.91 Å².